The van der Waals surface area contributed by atoms with Crippen LogP contribution < -0.4 is 10.1 Å². The second-order valence-corrected chi connectivity index (χ2v) is 4.98. The number of piperidine rings is 1. The molecule has 2 heterocycles. The molecular formula is C14H15NO3. The summed E-state index contributed by atoms with van der Waals surface area (Å²) in [6.07, 6.45) is 1.29. The first-order chi connectivity index (χ1) is 8.65. The fourth-order valence-electron chi connectivity index (χ4n) is 2.71. The minimum atomic E-state index is -0.181. The van der Waals surface area contributed by atoms with Gasteiger partial charge in [-0.2, -0.15) is 0 Å². The van der Waals surface area contributed by atoms with Crippen molar-refractivity contribution < 1.29 is 14.3 Å². The monoisotopic (exact) mass is 245 g/mol. The maximum atomic E-state index is 11.7. The van der Waals surface area contributed by atoms with E-state index in [1.807, 2.05) is 19.1 Å². The Kier molecular flexibility index (Phi) is 2.58. The number of amides is 2. The average molecular weight is 245 g/mol. The predicted octanol–water partition coefficient (Wildman–Crippen LogP) is 1.39. The highest BCUT2D eigenvalue weighted by atomic mass is 16.5. The standard InChI is InChI=1S/C14H15NO3/c1-8-11(7-13(16)15-14(8)17)9-2-3-12-10(6-9)4-5-18-12/h2-3,6,8,11H,4-5,7H2,1H3,(H,15,16,17). The van der Waals surface area contributed by atoms with Crippen molar-refractivity contribution in [3.8, 4) is 5.75 Å². The highest BCUT2D eigenvalue weighted by Gasteiger charge is 2.34. The molecule has 2 aliphatic heterocycles. The van der Waals surface area contributed by atoms with Crippen LogP contribution in [-0.2, 0) is 16.0 Å². The van der Waals surface area contributed by atoms with Crippen molar-refractivity contribution in [2.24, 2.45) is 5.92 Å². The van der Waals surface area contributed by atoms with Gasteiger partial charge < -0.3 is 4.74 Å². The Morgan fingerprint density at radius 1 is 1.33 bits per heavy atom. The van der Waals surface area contributed by atoms with Gasteiger partial charge in [0.05, 0.1) is 6.61 Å². The summed E-state index contributed by atoms with van der Waals surface area (Å²) in [4.78, 5) is 23.1. The summed E-state index contributed by atoms with van der Waals surface area (Å²) in [5, 5.41) is 2.38. The summed E-state index contributed by atoms with van der Waals surface area (Å²) in [5.41, 5.74) is 2.24. The van der Waals surface area contributed by atoms with E-state index in [-0.39, 0.29) is 23.7 Å². The van der Waals surface area contributed by atoms with Crippen LogP contribution in [0.1, 0.15) is 30.4 Å². The van der Waals surface area contributed by atoms with Crippen molar-refractivity contribution in [2.75, 3.05) is 6.61 Å². The lowest BCUT2D eigenvalue weighted by Crippen LogP contribution is -2.43. The number of hydrogen-bond donors (Lipinski definition) is 1. The molecule has 4 nitrogen and oxygen atoms in total. The van der Waals surface area contributed by atoms with Crippen molar-refractivity contribution in [2.45, 2.75) is 25.7 Å². The molecule has 2 amide bonds. The van der Waals surface area contributed by atoms with E-state index < -0.39 is 0 Å². The second kappa shape index (κ2) is 4.12. The molecule has 1 fully saturated rings. The molecule has 1 N–H and O–H groups in total. The van der Waals surface area contributed by atoms with Crippen LogP contribution in [-0.4, -0.2) is 18.4 Å². The first-order valence-corrected chi connectivity index (χ1v) is 6.24. The first-order valence-electron chi connectivity index (χ1n) is 6.24. The van der Waals surface area contributed by atoms with Crippen molar-refractivity contribution in [1.82, 2.24) is 5.32 Å². The van der Waals surface area contributed by atoms with E-state index in [0.29, 0.717) is 6.42 Å². The van der Waals surface area contributed by atoms with Crippen molar-refractivity contribution in [3.63, 3.8) is 0 Å². The zero-order chi connectivity index (χ0) is 12.7. The quantitative estimate of drug-likeness (QED) is 0.761. The smallest absolute Gasteiger partial charge is 0.230 e. The zero-order valence-corrected chi connectivity index (χ0v) is 10.2. The highest BCUT2D eigenvalue weighted by molar-refractivity contribution is 5.99. The van der Waals surface area contributed by atoms with Crippen LogP contribution in [0.5, 0.6) is 5.75 Å². The minimum absolute atomic E-state index is 0.0165. The third kappa shape index (κ3) is 1.78. The Balaban J connectivity index is 1.93. The van der Waals surface area contributed by atoms with Gasteiger partial charge in [-0.25, -0.2) is 0 Å². The van der Waals surface area contributed by atoms with E-state index in [0.717, 1.165) is 24.3 Å². The zero-order valence-electron chi connectivity index (χ0n) is 10.2. The molecule has 2 unspecified atom stereocenters. The predicted molar refractivity (Wildman–Crippen MR) is 65.3 cm³/mol. The number of benzene rings is 1. The van der Waals surface area contributed by atoms with Crippen LogP contribution in [0.3, 0.4) is 0 Å². The molecule has 0 radical (unpaired) electrons. The van der Waals surface area contributed by atoms with E-state index in [1.165, 1.54) is 5.56 Å². The number of carbonyl (C=O) groups excluding carboxylic acids is 2. The van der Waals surface area contributed by atoms with Crippen molar-refractivity contribution in [3.05, 3.63) is 29.3 Å². The fourth-order valence-corrected chi connectivity index (χ4v) is 2.71. The molecule has 3 rings (SSSR count). The van der Waals surface area contributed by atoms with E-state index in [1.54, 1.807) is 0 Å². The molecule has 0 spiro atoms. The second-order valence-electron chi connectivity index (χ2n) is 4.98. The molecule has 0 aromatic heterocycles. The summed E-state index contributed by atoms with van der Waals surface area (Å²) in [6, 6.07) is 5.99. The molecule has 94 valence electrons. The Hall–Kier alpha value is -1.84. The number of rotatable bonds is 1. The van der Waals surface area contributed by atoms with Crippen molar-refractivity contribution >= 4 is 11.8 Å². The van der Waals surface area contributed by atoms with Gasteiger partial charge in [-0.05, 0) is 17.2 Å². The number of ether oxygens (including phenoxy) is 1. The molecule has 2 aliphatic rings. The first kappa shape index (κ1) is 11.3. The largest absolute Gasteiger partial charge is 0.493 e. The topological polar surface area (TPSA) is 55.4 Å². The van der Waals surface area contributed by atoms with Crippen LogP contribution in [0.2, 0.25) is 0 Å². The van der Waals surface area contributed by atoms with Gasteiger partial charge in [-0.1, -0.05) is 19.1 Å². The maximum absolute atomic E-state index is 11.7. The number of hydrogen-bond acceptors (Lipinski definition) is 3. The highest BCUT2D eigenvalue weighted by Crippen LogP contribution is 2.35. The summed E-state index contributed by atoms with van der Waals surface area (Å²) in [6.45, 7) is 2.59. The molecule has 1 aromatic carbocycles. The molecule has 1 saturated heterocycles. The Morgan fingerprint density at radius 3 is 3.00 bits per heavy atom. The molecule has 0 bridgehead atoms. The lowest BCUT2D eigenvalue weighted by molar-refractivity contribution is -0.136. The van der Waals surface area contributed by atoms with E-state index in [2.05, 4.69) is 11.4 Å². The van der Waals surface area contributed by atoms with Crippen LogP contribution in [0, 0.1) is 5.92 Å². The van der Waals surface area contributed by atoms with Gasteiger partial charge in [-0.15, -0.1) is 0 Å². The van der Waals surface area contributed by atoms with Gasteiger partial charge in [-0.3, -0.25) is 14.9 Å². The number of fused-ring (bicyclic) bond motifs is 1. The van der Waals surface area contributed by atoms with Crippen LogP contribution in [0.25, 0.3) is 0 Å². The summed E-state index contributed by atoms with van der Waals surface area (Å²) < 4.78 is 5.46. The molecule has 18 heavy (non-hydrogen) atoms. The lowest BCUT2D eigenvalue weighted by Gasteiger charge is -2.27. The number of nitrogens with one attached hydrogen (secondary N) is 1. The third-order valence-electron chi connectivity index (χ3n) is 3.83. The van der Waals surface area contributed by atoms with Gasteiger partial charge in [0.25, 0.3) is 0 Å². The SMILES string of the molecule is CC1C(=O)NC(=O)CC1c1ccc2c(c1)CCO2. The normalized spacial score (nSPS) is 26.5. The Morgan fingerprint density at radius 2 is 2.17 bits per heavy atom. The van der Waals surface area contributed by atoms with E-state index in [4.69, 9.17) is 4.74 Å². The summed E-state index contributed by atoms with van der Waals surface area (Å²) in [7, 11) is 0. The summed E-state index contributed by atoms with van der Waals surface area (Å²) in [5.74, 6) is 0.394. The molecule has 0 aliphatic carbocycles. The fraction of sp³-hybridized carbons (Fsp3) is 0.429. The van der Waals surface area contributed by atoms with Crippen LogP contribution >= 0.6 is 0 Å². The van der Waals surface area contributed by atoms with Crippen LogP contribution in [0.4, 0.5) is 0 Å². The third-order valence-corrected chi connectivity index (χ3v) is 3.83. The molecule has 2 atom stereocenters. The average Bonchev–Trinajstić information content (AvgIpc) is 2.80. The van der Waals surface area contributed by atoms with E-state index >= 15 is 0 Å². The maximum Gasteiger partial charge on any atom is 0.230 e. The van der Waals surface area contributed by atoms with Crippen LogP contribution in [0.15, 0.2) is 18.2 Å². The van der Waals surface area contributed by atoms with Gasteiger partial charge in [0.2, 0.25) is 11.8 Å². The molecular weight excluding hydrogens is 230 g/mol. The number of carbonyl (C=O) groups is 2. The van der Waals surface area contributed by atoms with Crippen molar-refractivity contribution in [1.29, 1.82) is 0 Å². The Bertz CT molecular complexity index is 524. The van der Waals surface area contributed by atoms with Gasteiger partial charge in [0.1, 0.15) is 5.75 Å². The number of imide groups is 1. The summed E-state index contributed by atoms with van der Waals surface area (Å²) >= 11 is 0. The van der Waals surface area contributed by atoms with E-state index in [9.17, 15) is 9.59 Å². The molecule has 0 saturated carbocycles. The van der Waals surface area contributed by atoms with Gasteiger partial charge in [0.15, 0.2) is 0 Å². The van der Waals surface area contributed by atoms with Gasteiger partial charge in [0, 0.05) is 24.7 Å². The Labute approximate surface area is 105 Å². The van der Waals surface area contributed by atoms with Gasteiger partial charge >= 0.3 is 0 Å². The minimum Gasteiger partial charge on any atom is -0.493 e. The molecule has 1 aromatic rings. The molecule has 4 heteroatoms. The lowest BCUT2D eigenvalue weighted by atomic mass is 9.81.